The standard InChI is InChI=1S/C14H24O4/c1-16-12-4-2-5-13(10-12)18-14(15)8-7-11-6-3-9-17-11/h11-13H,2-10H2,1H3. The van der Waals surface area contributed by atoms with Crippen molar-refractivity contribution >= 4 is 5.97 Å². The van der Waals surface area contributed by atoms with Crippen LogP contribution in [-0.2, 0) is 19.0 Å². The van der Waals surface area contributed by atoms with Gasteiger partial charge in [-0.2, -0.15) is 0 Å². The lowest BCUT2D eigenvalue weighted by Crippen LogP contribution is -2.29. The van der Waals surface area contributed by atoms with Crippen LogP contribution >= 0.6 is 0 Å². The Kier molecular flexibility index (Phi) is 5.45. The van der Waals surface area contributed by atoms with Gasteiger partial charge in [0.05, 0.1) is 12.2 Å². The van der Waals surface area contributed by atoms with Gasteiger partial charge in [0.2, 0.25) is 0 Å². The highest BCUT2D eigenvalue weighted by atomic mass is 16.5. The molecule has 18 heavy (non-hydrogen) atoms. The molecule has 104 valence electrons. The SMILES string of the molecule is COC1CCCC(OC(=O)CCC2CCCO2)C1. The van der Waals surface area contributed by atoms with Gasteiger partial charge in [-0.05, 0) is 38.5 Å². The smallest absolute Gasteiger partial charge is 0.306 e. The Labute approximate surface area is 109 Å². The molecule has 1 heterocycles. The monoisotopic (exact) mass is 256 g/mol. The topological polar surface area (TPSA) is 44.8 Å². The van der Waals surface area contributed by atoms with Gasteiger partial charge in [0.15, 0.2) is 0 Å². The molecule has 1 aliphatic heterocycles. The van der Waals surface area contributed by atoms with E-state index in [1.165, 1.54) is 0 Å². The molecule has 0 aromatic carbocycles. The van der Waals surface area contributed by atoms with Gasteiger partial charge in [-0.3, -0.25) is 4.79 Å². The maximum absolute atomic E-state index is 11.7. The summed E-state index contributed by atoms with van der Waals surface area (Å²) in [5.41, 5.74) is 0. The van der Waals surface area contributed by atoms with Crippen molar-refractivity contribution in [1.29, 1.82) is 0 Å². The molecule has 1 saturated carbocycles. The quantitative estimate of drug-likeness (QED) is 0.709. The number of methoxy groups -OCH3 is 1. The number of carbonyl (C=O) groups excluding carboxylic acids is 1. The minimum atomic E-state index is -0.0766. The lowest BCUT2D eigenvalue weighted by molar-refractivity contribution is -0.153. The van der Waals surface area contributed by atoms with Crippen LogP contribution in [0.3, 0.4) is 0 Å². The predicted molar refractivity (Wildman–Crippen MR) is 67.4 cm³/mol. The second kappa shape index (κ2) is 7.10. The molecule has 2 rings (SSSR count). The van der Waals surface area contributed by atoms with Crippen LogP contribution in [0.1, 0.15) is 51.4 Å². The number of rotatable bonds is 5. The minimum Gasteiger partial charge on any atom is -0.462 e. The van der Waals surface area contributed by atoms with Crippen LogP contribution in [0.5, 0.6) is 0 Å². The average Bonchev–Trinajstić information content (AvgIpc) is 2.90. The second-order valence-electron chi connectivity index (χ2n) is 5.31. The molecule has 0 radical (unpaired) electrons. The van der Waals surface area contributed by atoms with Crippen LogP contribution in [-0.4, -0.2) is 38.0 Å². The van der Waals surface area contributed by atoms with Gasteiger partial charge in [-0.25, -0.2) is 0 Å². The zero-order valence-corrected chi connectivity index (χ0v) is 11.2. The molecule has 0 aromatic heterocycles. The van der Waals surface area contributed by atoms with Crippen molar-refractivity contribution in [2.24, 2.45) is 0 Å². The van der Waals surface area contributed by atoms with Crippen molar-refractivity contribution in [2.45, 2.75) is 69.7 Å². The highest BCUT2D eigenvalue weighted by Gasteiger charge is 2.25. The molecular formula is C14H24O4. The zero-order chi connectivity index (χ0) is 12.8. The van der Waals surface area contributed by atoms with Gasteiger partial charge in [-0.15, -0.1) is 0 Å². The fourth-order valence-corrected chi connectivity index (χ4v) is 2.82. The highest BCUT2D eigenvalue weighted by Crippen LogP contribution is 2.24. The number of hydrogen-bond acceptors (Lipinski definition) is 4. The van der Waals surface area contributed by atoms with E-state index in [-0.39, 0.29) is 24.3 Å². The number of esters is 1. The second-order valence-corrected chi connectivity index (χ2v) is 5.31. The molecule has 4 nitrogen and oxygen atoms in total. The van der Waals surface area contributed by atoms with Gasteiger partial charge >= 0.3 is 5.97 Å². The van der Waals surface area contributed by atoms with Crippen molar-refractivity contribution in [3.63, 3.8) is 0 Å². The van der Waals surface area contributed by atoms with E-state index in [2.05, 4.69) is 0 Å². The first-order chi connectivity index (χ1) is 8.78. The predicted octanol–water partition coefficient (Wildman–Crippen LogP) is 2.45. The molecule has 2 fully saturated rings. The number of carbonyl (C=O) groups is 1. The summed E-state index contributed by atoms with van der Waals surface area (Å²) in [6.07, 6.45) is 8.08. The van der Waals surface area contributed by atoms with Crippen LogP contribution in [0.15, 0.2) is 0 Å². The van der Waals surface area contributed by atoms with Crippen molar-refractivity contribution in [1.82, 2.24) is 0 Å². The normalized spacial score (nSPS) is 32.4. The zero-order valence-electron chi connectivity index (χ0n) is 11.2. The average molecular weight is 256 g/mol. The van der Waals surface area contributed by atoms with Crippen LogP contribution < -0.4 is 0 Å². The summed E-state index contributed by atoms with van der Waals surface area (Å²) in [6.45, 7) is 0.845. The van der Waals surface area contributed by atoms with E-state index >= 15 is 0 Å². The van der Waals surface area contributed by atoms with E-state index in [1.807, 2.05) is 0 Å². The Morgan fingerprint density at radius 3 is 2.78 bits per heavy atom. The Morgan fingerprint density at radius 1 is 1.22 bits per heavy atom. The van der Waals surface area contributed by atoms with Gasteiger partial charge < -0.3 is 14.2 Å². The van der Waals surface area contributed by atoms with Crippen LogP contribution in [0.25, 0.3) is 0 Å². The Hall–Kier alpha value is -0.610. The van der Waals surface area contributed by atoms with Gasteiger partial charge in [0, 0.05) is 26.6 Å². The molecule has 1 saturated heterocycles. The first-order valence-electron chi connectivity index (χ1n) is 7.12. The fourth-order valence-electron chi connectivity index (χ4n) is 2.82. The van der Waals surface area contributed by atoms with Crippen molar-refractivity contribution in [3.8, 4) is 0 Å². The number of hydrogen-bond donors (Lipinski definition) is 0. The molecule has 3 unspecified atom stereocenters. The van der Waals surface area contributed by atoms with Crippen LogP contribution in [0, 0.1) is 0 Å². The molecule has 2 aliphatic rings. The van der Waals surface area contributed by atoms with E-state index in [9.17, 15) is 4.79 Å². The summed E-state index contributed by atoms with van der Waals surface area (Å²) in [6, 6.07) is 0. The van der Waals surface area contributed by atoms with E-state index in [0.29, 0.717) is 6.42 Å². The maximum Gasteiger partial charge on any atom is 0.306 e. The molecule has 0 amide bonds. The van der Waals surface area contributed by atoms with Crippen molar-refractivity contribution in [3.05, 3.63) is 0 Å². The summed E-state index contributed by atoms with van der Waals surface area (Å²) in [7, 11) is 1.73. The summed E-state index contributed by atoms with van der Waals surface area (Å²) in [4.78, 5) is 11.7. The minimum absolute atomic E-state index is 0.0562. The van der Waals surface area contributed by atoms with Gasteiger partial charge in [0.1, 0.15) is 6.10 Å². The Balaban J connectivity index is 1.63. The van der Waals surface area contributed by atoms with Crippen LogP contribution in [0.2, 0.25) is 0 Å². The first-order valence-corrected chi connectivity index (χ1v) is 7.12. The van der Waals surface area contributed by atoms with E-state index in [4.69, 9.17) is 14.2 Å². The lowest BCUT2D eigenvalue weighted by atomic mass is 9.95. The molecule has 1 aliphatic carbocycles. The molecule has 4 heteroatoms. The summed E-state index contributed by atoms with van der Waals surface area (Å²) >= 11 is 0. The Morgan fingerprint density at radius 2 is 2.06 bits per heavy atom. The third kappa shape index (κ3) is 4.25. The highest BCUT2D eigenvalue weighted by molar-refractivity contribution is 5.69. The third-order valence-electron chi connectivity index (χ3n) is 3.90. The number of ether oxygens (including phenoxy) is 3. The van der Waals surface area contributed by atoms with Gasteiger partial charge in [0.25, 0.3) is 0 Å². The van der Waals surface area contributed by atoms with Crippen molar-refractivity contribution in [2.75, 3.05) is 13.7 Å². The molecule has 3 atom stereocenters. The van der Waals surface area contributed by atoms with E-state index < -0.39 is 0 Å². The molecule has 0 bridgehead atoms. The van der Waals surface area contributed by atoms with Gasteiger partial charge in [-0.1, -0.05) is 0 Å². The summed E-state index contributed by atoms with van der Waals surface area (Å²) in [5.74, 6) is -0.0766. The first kappa shape index (κ1) is 13.8. The van der Waals surface area contributed by atoms with Crippen molar-refractivity contribution < 1.29 is 19.0 Å². The molecular weight excluding hydrogens is 232 g/mol. The van der Waals surface area contributed by atoms with E-state index in [1.54, 1.807) is 7.11 Å². The third-order valence-corrected chi connectivity index (χ3v) is 3.90. The fraction of sp³-hybridized carbons (Fsp3) is 0.929. The van der Waals surface area contributed by atoms with E-state index in [0.717, 1.165) is 51.6 Å². The Bertz CT molecular complexity index is 261. The maximum atomic E-state index is 11.7. The lowest BCUT2D eigenvalue weighted by Gasteiger charge is -2.28. The summed E-state index contributed by atoms with van der Waals surface area (Å²) in [5, 5.41) is 0. The van der Waals surface area contributed by atoms with Crippen LogP contribution in [0.4, 0.5) is 0 Å². The molecule has 0 N–H and O–H groups in total. The summed E-state index contributed by atoms with van der Waals surface area (Å²) < 4.78 is 16.3. The largest absolute Gasteiger partial charge is 0.462 e. The molecule has 0 aromatic rings. The molecule has 0 spiro atoms.